The second kappa shape index (κ2) is 10.5. The summed E-state index contributed by atoms with van der Waals surface area (Å²) in [6.07, 6.45) is 4.73. The number of aryl methyl sites for hydroxylation is 1. The summed E-state index contributed by atoms with van der Waals surface area (Å²) in [5, 5.41) is 5.50. The maximum absolute atomic E-state index is 12.1. The molecule has 0 unspecified atom stereocenters. The summed E-state index contributed by atoms with van der Waals surface area (Å²) in [6, 6.07) is 15.5. The Hall–Kier alpha value is -3.02. The Morgan fingerprint density at radius 1 is 0.931 bits per heavy atom. The van der Waals surface area contributed by atoms with Gasteiger partial charge in [-0.25, -0.2) is 0 Å². The topological polar surface area (TPSA) is 70.7 Å². The molecule has 0 spiro atoms. The van der Waals surface area contributed by atoms with Crippen LogP contribution in [0.5, 0.6) is 5.75 Å². The van der Waals surface area contributed by atoms with Gasteiger partial charge in [-0.05, 0) is 67.6 Å². The van der Waals surface area contributed by atoms with Crippen molar-refractivity contribution in [1.29, 1.82) is 0 Å². The van der Waals surface area contributed by atoms with Crippen molar-refractivity contribution < 1.29 is 14.3 Å². The average Bonchev–Trinajstić information content (AvgIpc) is 2.78. The zero-order valence-corrected chi connectivity index (χ0v) is 16.9. The van der Waals surface area contributed by atoms with Crippen molar-refractivity contribution in [3.8, 4) is 5.75 Å². The molecule has 0 saturated carbocycles. The molecule has 2 N–H and O–H groups in total. The smallest absolute Gasteiger partial charge is 0.243 e. The van der Waals surface area contributed by atoms with Crippen molar-refractivity contribution in [3.05, 3.63) is 54.1 Å². The van der Waals surface area contributed by atoms with E-state index in [2.05, 4.69) is 15.5 Å². The van der Waals surface area contributed by atoms with Crippen LogP contribution in [0.3, 0.4) is 0 Å². The lowest BCUT2D eigenvalue weighted by atomic mass is 10.1. The van der Waals surface area contributed by atoms with Crippen LogP contribution in [-0.4, -0.2) is 38.6 Å². The van der Waals surface area contributed by atoms with Gasteiger partial charge in [-0.1, -0.05) is 12.1 Å². The molecule has 3 rings (SSSR count). The number of ether oxygens (including phenoxy) is 1. The Labute approximate surface area is 172 Å². The first kappa shape index (κ1) is 20.7. The minimum Gasteiger partial charge on any atom is -0.497 e. The van der Waals surface area contributed by atoms with Crippen LogP contribution in [0.2, 0.25) is 0 Å². The zero-order chi connectivity index (χ0) is 20.5. The first-order chi connectivity index (χ1) is 14.1. The summed E-state index contributed by atoms with van der Waals surface area (Å²) >= 11 is 0. The number of carbonyl (C=O) groups is 2. The predicted octanol–water partition coefficient (Wildman–Crippen LogP) is 3.37. The van der Waals surface area contributed by atoms with E-state index in [0.29, 0.717) is 12.8 Å². The van der Waals surface area contributed by atoms with Gasteiger partial charge in [0.25, 0.3) is 0 Å². The van der Waals surface area contributed by atoms with E-state index in [-0.39, 0.29) is 18.4 Å². The van der Waals surface area contributed by atoms with Crippen LogP contribution in [0.4, 0.5) is 11.4 Å². The molecule has 1 aliphatic rings. The third-order valence-corrected chi connectivity index (χ3v) is 5.12. The van der Waals surface area contributed by atoms with Crippen LogP contribution in [0.25, 0.3) is 0 Å². The standard InChI is InChI=1S/C23H29N3O3/c1-29-21-12-5-18(6-13-21)7-14-22(27)24-17-23(28)25-19-8-10-20(11-9-19)26-15-3-2-4-16-26/h5-6,8-13H,2-4,7,14-17H2,1H3,(H,24,27)(H,25,28). The number of hydrogen-bond acceptors (Lipinski definition) is 4. The molecule has 6 heteroatoms. The van der Waals surface area contributed by atoms with Gasteiger partial charge in [0.2, 0.25) is 11.8 Å². The van der Waals surface area contributed by atoms with Gasteiger partial charge in [0.1, 0.15) is 5.75 Å². The second-order valence-corrected chi connectivity index (χ2v) is 7.27. The zero-order valence-electron chi connectivity index (χ0n) is 16.9. The van der Waals surface area contributed by atoms with Gasteiger partial charge >= 0.3 is 0 Å². The van der Waals surface area contributed by atoms with E-state index in [1.165, 1.54) is 24.9 Å². The van der Waals surface area contributed by atoms with Gasteiger partial charge in [0.05, 0.1) is 13.7 Å². The molecule has 0 radical (unpaired) electrons. The van der Waals surface area contributed by atoms with Crippen molar-refractivity contribution in [2.75, 3.05) is 37.0 Å². The lowest BCUT2D eigenvalue weighted by Gasteiger charge is -2.28. The van der Waals surface area contributed by atoms with Crippen molar-refractivity contribution in [2.24, 2.45) is 0 Å². The minimum atomic E-state index is -0.228. The van der Waals surface area contributed by atoms with Gasteiger partial charge in [-0.2, -0.15) is 0 Å². The van der Waals surface area contributed by atoms with E-state index in [4.69, 9.17) is 4.74 Å². The van der Waals surface area contributed by atoms with Gasteiger partial charge in [-0.3, -0.25) is 9.59 Å². The number of piperidine rings is 1. The third-order valence-electron chi connectivity index (χ3n) is 5.12. The summed E-state index contributed by atoms with van der Waals surface area (Å²) < 4.78 is 5.12. The van der Waals surface area contributed by atoms with Crippen molar-refractivity contribution in [3.63, 3.8) is 0 Å². The molecule has 1 aliphatic heterocycles. The maximum atomic E-state index is 12.1. The predicted molar refractivity (Wildman–Crippen MR) is 115 cm³/mol. The monoisotopic (exact) mass is 395 g/mol. The lowest BCUT2D eigenvalue weighted by Crippen LogP contribution is -2.33. The Kier molecular flexibility index (Phi) is 7.50. The number of nitrogens with zero attached hydrogens (tertiary/aromatic N) is 1. The molecule has 6 nitrogen and oxygen atoms in total. The largest absolute Gasteiger partial charge is 0.497 e. The molecule has 1 heterocycles. The SMILES string of the molecule is COc1ccc(CCC(=O)NCC(=O)Nc2ccc(N3CCCCC3)cc2)cc1. The van der Waals surface area contributed by atoms with Crippen LogP contribution >= 0.6 is 0 Å². The molecule has 0 aromatic heterocycles. The van der Waals surface area contributed by atoms with E-state index in [0.717, 1.165) is 30.1 Å². The average molecular weight is 396 g/mol. The highest BCUT2D eigenvalue weighted by atomic mass is 16.5. The number of methoxy groups -OCH3 is 1. The molecule has 1 saturated heterocycles. The van der Waals surface area contributed by atoms with Crippen LogP contribution in [0, 0.1) is 0 Å². The summed E-state index contributed by atoms with van der Waals surface area (Å²) in [6.45, 7) is 2.15. The molecule has 0 aliphatic carbocycles. The lowest BCUT2D eigenvalue weighted by molar-refractivity contribution is -0.124. The maximum Gasteiger partial charge on any atom is 0.243 e. The molecule has 2 aromatic carbocycles. The molecule has 1 fully saturated rings. The highest BCUT2D eigenvalue weighted by Gasteiger charge is 2.11. The highest BCUT2D eigenvalue weighted by Crippen LogP contribution is 2.21. The minimum absolute atomic E-state index is 0.0324. The number of anilines is 2. The number of carbonyl (C=O) groups excluding carboxylic acids is 2. The molecule has 0 bridgehead atoms. The Balaban J connectivity index is 1.38. The van der Waals surface area contributed by atoms with Gasteiger partial charge in [0, 0.05) is 30.9 Å². The molecule has 2 amide bonds. The van der Waals surface area contributed by atoms with E-state index >= 15 is 0 Å². The van der Waals surface area contributed by atoms with Gasteiger partial charge in [0.15, 0.2) is 0 Å². The molecule has 154 valence electrons. The molecule has 29 heavy (non-hydrogen) atoms. The molecular formula is C23H29N3O3. The molecular weight excluding hydrogens is 366 g/mol. The van der Waals surface area contributed by atoms with Crippen LogP contribution in [0.1, 0.15) is 31.2 Å². The van der Waals surface area contributed by atoms with Crippen LogP contribution < -0.4 is 20.3 Å². The van der Waals surface area contributed by atoms with E-state index in [9.17, 15) is 9.59 Å². The van der Waals surface area contributed by atoms with Crippen molar-refractivity contribution in [1.82, 2.24) is 5.32 Å². The summed E-state index contributed by atoms with van der Waals surface area (Å²) in [7, 11) is 1.62. The number of amides is 2. The third kappa shape index (κ3) is 6.52. The first-order valence-electron chi connectivity index (χ1n) is 10.2. The number of hydrogen-bond donors (Lipinski definition) is 2. The molecule has 2 aromatic rings. The quantitative estimate of drug-likeness (QED) is 0.719. The number of rotatable bonds is 8. The summed E-state index contributed by atoms with van der Waals surface area (Å²) in [5.74, 6) is 0.420. The fourth-order valence-electron chi connectivity index (χ4n) is 3.43. The fourth-order valence-corrected chi connectivity index (χ4v) is 3.43. The van der Waals surface area contributed by atoms with E-state index < -0.39 is 0 Å². The van der Waals surface area contributed by atoms with Crippen molar-refractivity contribution in [2.45, 2.75) is 32.1 Å². The van der Waals surface area contributed by atoms with E-state index in [1.807, 2.05) is 48.5 Å². The highest BCUT2D eigenvalue weighted by molar-refractivity contribution is 5.94. The normalized spacial score (nSPS) is 13.6. The second-order valence-electron chi connectivity index (χ2n) is 7.27. The van der Waals surface area contributed by atoms with Crippen LogP contribution in [0.15, 0.2) is 48.5 Å². The van der Waals surface area contributed by atoms with Gasteiger partial charge in [-0.15, -0.1) is 0 Å². The number of nitrogens with one attached hydrogen (secondary N) is 2. The molecule has 0 atom stereocenters. The number of benzene rings is 2. The fraction of sp³-hybridized carbons (Fsp3) is 0.391. The first-order valence-corrected chi connectivity index (χ1v) is 10.2. The van der Waals surface area contributed by atoms with Crippen molar-refractivity contribution >= 4 is 23.2 Å². The Morgan fingerprint density at radius 2 is 1.62 bits per heavy atom. The van der Waals surface area contributed by atoms with Crippen LogP contribution in [-0.2, 0) is 16.0 Å². The summed E-state index contributed by atoms with van der Waals surface area (Å²) in [4.78, 5) is 26.5. The van der Waals surface area contributed by atoms with Gasteiger partial charge < -0.3 is 20.3 Å². The summed E-state index contributed by atoms with van der Waals surface area (Å²) in [5.41, 5.74) is 2.98. The van der Waals surface area contributed by atoms with E-state index in [1.54, 1.807) is 7.11 Å². The Bertz CT molecular complexity index is 797. The Morgan fingerprint density at radius 3 is 2.28 bits per heavy atom.